The van der Waals surface area contributed by atoms with Gasteiger partial charge in [0.15, 0.2) is 0 Å². The van der Waals surface area contributed by atoms with Crippen LogP contribution in [0.5, 0.6) is 5.75 Å². The minimum atomic E-state index is 0.0000344. The Morgan fingerprint density at radius 3 is 2.74 bits per heavy atom. The highest BCUT2D eigenvalue weighted by molar-refractivity contribution is 5.37. The number of morpholine rings is 1. The van der Waals surface area contributed by atoms with Gasteiger partial charge in [-0.25, -0.2) is 0 Å². The molecular weight excluding hydrogens is 388 g/mol. The first kappa shape index (κ1) is 21.5. The van der Waals surface area contributed by atoms with E-state index in [9.17, 15) is 0 Å². The fraction of sp³-hybridized carbons (Fsp3) is 0.440. The van der Waals surface area contributed by atoms with Gasteiger partial charge >= 0.3 is 0 Å². The maximum atomic E-state index is 6.05. The summed E-state index contributed by atoms with van der Waals surface area (Å²) in [5, 5.41) is 4.57. The topological polar surface area (TPSA) is 52.4 Å². The summed E-state index contributed by atoms with van der Waals surface area (Å²) in [7, 11) is 0. The van der Waals surface area contributed by atoms with Gasteiger partial charge in [-0.1, -0.05) is 24.3 Å². The zero-order valence-electron chi connectivity index (χ0n) is 18.8. The monoisotopic (exact) mass is 420 g/mol. The molecule has 6 nitrogen and oxygen atoms in total. The molecule has 0 N–H and O–H groups in total. The van der Waals surface area contributed by atoms with Crippen LogP contribution in [-0.2, 0) is 24.2 Å². The lowest BCUT2D eigenvalue weighted by molar-refractivity contribution is -0.0350. The molecule has 31 heavy (non-hydrogen) atoms. The van der Waals surface area contributed by atoms with Crippen LogP contribution in [0.15, 0.2) is 48.8 Å². The van der Waals surface area contributed by atoms with Crippen LogP contribution < -0.4 is 4.74 Å². The zero-order chi connectivity index (χ0) is 21.6. The van der Waals surface area contributed by atoms with Crippen molar-refractivity contribution in [1.82, 2.24) is 19.7 Å². The lowest BCUT2D eigenvalue weighted by atomic mass is 10.0. The molecule has 1 aliphatic rings. The predicted molar refractivity (Wildman–Crippen MR) is 121 cm³/mol. The van der Waals surface area contributed by atoms with E-state index in [-0.39, 0.29) is 6.10 Å². The van der Waals surface area contributed by atoms with Crippen molar-refractivity contribution in [3.63, 3.8) is 0 Å². The fourth-order valence-corrected chi connectivity index (χ4v) is 4.04. The van der Waals surface area contributed by atoms with Crippen molar-refractivity contribution in [2.24, 2.45) is 0 Å². The number of aromatic nitrogens is 3. The molecule has 6 heteroatoms. The average Bonchev–Trinajstić information content (AvgIpc) is 3.15. The molecule has 1 atom stereocenters. The quantitative estimate of drug-likeness (QED) is 0.547. The van der Waals surface area contributed by atoms with E-state index in [0.717, 1.165) is 56.3 Å². The highest BCUT2D eigenvalue weighted by Crippen LogP contribution is 2.25. The van der Waals surface area contributed by atoms with E-state index in [4.69, 9.17) is 14.5 Å². The fourth-order valence-electron chi connectivity index (χ4n) is 4.04. The third kappa shape index (κ3) is 5.32. The predicted octanol–water partition coefficient (Wildman–Crippen LogP) is 4.17. The van der Waals surface area contributed by atoms with Crippen molar-refractivity contribution < 1.29 is 9.47 Å². The van der Waals surface area contributed by atoms with Crippen LogP contribution in [0.3, 0.4) is 0 Å². The average molecular weight is 421 g/mol. The summed E-state index contributed by atoms with van der Waals surface area (Å²) in [6, 6.07) is 12.5. The molecule has 2 aromatic heterocycles. The SMILES string of the molecule is CCOc1ccccc1Cc1ccc([C@@H]2CN(Cc3cn(CC)nc3C)CCO2)nc1. The highest BCUT2D eigenvalue weighted by atomic mass is 16.5. The second-order valence-corrected chi connectivity index (χ2v) is 8.00. The summed E-state index contributed by atoms with van der Waals surface area (Å²) in [5.74, 6) is 0.946. The Kier molecular flexibility index (Phi) is 6.99. The van der Waals surface area contributed by atoms with Gasteiger partial charge in [-0.2, -0.15) is 5.10 Å². The second-order valence-electron chi connectivity index (χ2n) is 8.00. The molecule has 1 aliphatic heterocycles. The summed E-state index contributed by atoms with van der Waals surface area (Å²) < 4.78 is 13.8. The van der Waals surface area contributed by atoms with E-state index in [1.807, 2.05) is 29.9 Å². The van der Waals surface area contributed by atoms with Crippen LogP contribution in [0.25, 0.3) is 0 Å². The van der Waals surface area contributed by atoms with E-state index < -0.39 is 0 Å². The molecule has 1 saturated heterocycles. The van der Waals surface area contributed by atoms with Gasteiger partial charge in [0.25, 0.3) is 0 Å². The molecule has 0 amide bonds. The number of hydrogen-bond donors (Lipinski definition) is 0. The Bertz CT molecular complexity index is 983. The molecule has 164 valence electrons. The molecule has 0 bridgehead atoms. The standard InChI is InChI=1S/C25H32N4O2/c1-4-29-17-22(19(3)27-29)16-28-12-13-31-25(18-28)23-11-10-20(15-26-23)14-21-8-6-7-9-24(21)30-5-2/h6-11,15,17,25H,4-5,12-14,16,18H2,1-3H3/t25-/m0/s1. The maximum absolute atomic E-state index is 6.05. The van der Waals surface area contributed by atoms with Gasteiger partial charge in [0, 0.05) is 50.6 Å². The Morgan fingerprint density at radius 1 is 1.13 bits per heavy atom. The van der Waals surface area contributed by atoms with Crippen molar-refractivity contribution in [2.75, 3.05) is 26.3 Å². The minimum absolute atomic E-state index is 0.0000344. The number of nitrogens with zero attached hydrogens (tertiary/aromatic N) is 4. The summed E-state index contributed by atoms with van der Waals surface area (Å²) in [4.78, 5) is 7.18. The highest BCUT2D eigenvalue weighted by Gasteiger charge is 2.24. The van der Waals surface area contributed by atoms with Crippen molar-refractivity contribution in [2.45, 2.75) is 46.4 Å². The van der Waals surface area contributed by atoms with Gasteiger partial charge in [-0.05, 0) is 44.0 Å². The number of para-hydroxylation sites is 1. The molecule has 1 aromatic carbocycles. The normalized spacial score (nSPS) is 17.1. The van der Waals surface area contributed by atoms with Crippen molar-refractivity contribution in [3.8, 4) is 5.75 Å². The van der Waals surface area contributed by atoms with Crippen molar-refractivity contribution in [3.05, 3.63) is 76.9 Å². The zero-order valence-corrected chi connectivity index (χ0v) is 18.8. The largest absolute Gasteiger partial charge is 0.494 e. The third-order valence-electron chi connectivity index (χ3n) is 5.76. The van der Waals surface area contributed by atoms with Gasteiger partial charge in [0.05, 0.1) is 24.6 Å². The van der Waals surface area contributed by atoms with Gasteiger partial charge in [-0.15, -0.1) is 0 Å². The molecule has 4 rings (SSSR count). The van der Waals surface area contributed by atoms with E-state index in [2.05, 4.69) is 54.3 Å². The van der Waals surface area contributed by atoms with E-state index in [0.29, 0.717) is 6.61 Å². The Hall–Kier alpha value is -2.70. The minimum Gasteiger partial charge on any atom is -0.494 e. The number of aryl methyl sites for hydroxylation is 2. The molecular formula is C25H32N4O2. The van der Waals surface area contributed by atoms with E-state index >= 15 is 0 Å². The van der Waals surface area contributed by atoms with E-state index in [1.54, 1.807) is 0 Å². The van der Waals surface area contributed by atoms with Crippen LogP contribution in [0.4, 0.5) is 0 Å². The van der Waals surface area contributed by atoms with Crippen LogP contribution in [-0.4, -0.2) is 46.0 Å². The van der Waals surface area contributed by atoms with Crippen molar-refractivity contribution in [1.29, 1.82) is 0 Å². The molecule has 3 aromatic rings. The summed E-state index contributed by atoms with van der Waals surface area (Å²) >= 11 is 0. The molecule has 0 radical (unpaired) electrons. The van der Waals surface area contributed by atoms with Crippen LogP contribution in [0.2, 0.25) is 0 Å². The first-order valence-electron chi connectivity index (χ1n) is 11.2. The van der Waals surface area contributed by atoms with E-state index in [1.165, 1.54) is 16.7 Å². The lowest BCUT2D eigenvalue weighted by Crippen LogP contribution is -2.38. The smallest absolute Gasteiger partial charge is 0.122 e. The first-order valence-corrected chi connectivity index (χ1v) is 11.2. The number of ether oxygens (including phenoxy) is 2. The molecule has 0 unspecified atom stereocenters. The first-order chi connectivity index (χ1) is 15.2. The Morgan fingerprint density at radius 2 is 2.00 bits per heavy atom. The Balaban J connectivity index is 1.40. The van der Waals surface area contributed by atoms with Gasteiger partial charge in [0.2, 0.25) is 0 Å². The molecule has 0 spiro atoms. The number of rotatable bonds is 8. The van der Waals surface area contributed by atoms with Crippen molar-refractivity contribution >= 4 is 0 Å². The molecule has 3 heterocycles. The van der Waals surface area contributed by atoms with Crippen LogP contribution in [0.1, 0.15) is 48.0 Å². The summed E-state index contributed by atoms with van der Waals surface area (Å²) in [5.41, 5.74) is 5.75. The number of pyridine rings is 1. The summed E-state index contributed by atoms with van der Waals surface area (Å²) in [6.07, 6.45) is 4.94. The number of benzene rings is 1. The van der Waals surface area contributed by atoms with Gasteiger partial charge < -0.3 is 9.47 Å². The van der Waals surface area contributed by atoms with Crippen LogP contribution in [0, 0.1) is 6.92 Å². The molecule has 1 fully saturated rings. The lowest BCUT2D eigenvalue weighted by Gasteiger charge is -2.32. The number of hydrogen-bond acceptors (Lipinski definition) is 5. The van der Waals surface area contributed by atoms with Gasteiger partial charge in [-0.3, -0.25) is 14.6 Å². The van der Waals surface area contributed by atoms with Gasteiger partial charge in [0.1, 0.15) is 11.9 Å². The Labute approximate surface area is 184 Å². The maximum Gasteiger partial charge on any atom is 0.122 e. The van der Waals surface area contributed by atoms with Crippen LogP contribution >= 0.6 is 0 Å². The second kappa shape index (κ2) is 10.1. The summed E-state index contributed by atoms with van der Waals surface area (Å²) in [6.45, 7) is 11.2. The molecule has 0 aliphatic carbocycles. The molecule has 0 saturated carbocycles. The third-order valence-corrected chi connectivity index (χ3v) is 5.76.